The maximum Gasteiger partial charge on any atom is 0.356 e. The average Bonchev–Trinajstić information content (AvgIpc) is 2.95. The Labute approximate surface area is 149 Å². The molecule has 1 aromatic heterocycles. The quantitative estimate of drug-likeness (QED) is 0.822. The standard InChI is InChI=1S/C16H16N4O5S/c1-10-3-4-11(7-14(10)20-5-2-6-26(20,24)25)19-15(21)12-8-18-13(9-17-12)16(22)23/h3-4,7-9H,2,5-6H2,1H3,(H,19,21)(H,22,23). The van der Waals surface area contributed by atoms with Crippen LogP contribution in [0.4, 0.5) is 11.4 Å². The lowest BCUT2D eigenvalue weighted by molar-refractivity contribution is 0.0689. The van der Waals surface area contributed by atoms with Gasteiger partial charge in [0.1, 0.15) is 5.69 Å². The number of amides is 1. The number of carbonyl (C=O) groups excluding carboxylic acids is 1. The number of carboxylic acids is 1. The number of benzene rings is 1. The molecule has 136 valence electrons. The van der Waals surface area contributed by atoms with Gasteiger partial charge >= 0.3 is 5.97 Å². The summed E-state index contributed by atoms with van der Waals surface area (Å²) in [6.07, 6.45) is 2.62. The Morgan fingerprint density at radius 3 is 2.46 bits per heavy atom. The number of nitrogens with one attached hydrogen (secondary N) is 1. The molecule has 2 aromatic rings. The molecule has 0 aliphatic carbocycles. The van der Waals surface area contributed by atoms with Crippen LogP contribution in [0.15, 0.2) is 30.6 Å². The van der Waals surface area contributed by atoms with Crippen LogP contribution in [0.1, 0.15) is 33.0 Å². The largest absolute Gasteiger partial charge is 0.476 e. The van der Waals surface area contributed by atoms with Crippen LogP contribution in [-0.4, -0.2) is 47.7 Å². The van der Waals surface area contributed by atoms with Crippen molar-refractivity contribution in [1.29, 1.82) is 0 Å². The van der Waals surface area contributed by atoms with Crippen LogP contribution in [-0.2, 0) is 10.0 Å². The molecule has 0 atom stereocenters. The molecule has 1 aliphatic rings. The Morgan fingerprint density at radius 2 is 1.88 bits per heavy atom. The first-order valence-corrected chi connectivity index (χ1v) is 9.36. The van der Waals surface area contributed by atoms with Crippen LogP contribution in [0.5, 0.6) is 0 Å². The van der Waals surface area contributed by atoms with E-state index in [1.165, 1.54) is 4.31 Å². The van der Waals surface area contributed by atoms with E-state index in [1.54, 1.807) is 25.1 Å². The Morgan fingerprint density at radius 1 is 1.19 bits per heavy atom. The average molecular weight is 376 g/mol. The third-order valence-electron chi connectivity index (χ3n) is 3.94. The van der Waals surface area contributed by atoms with Crippen LogP contribution in [0, 0.1) is 6.92 Å². The Bertz CT molecular complexity index is 973. The number of aryl methyl sites for hydroxylation is 1. The molecule has 2 N–H and O–H groups in total. The van der Waals surface area contributed by atoms with Crippen molar-refractivity contribution in [2.45, 2.75) is 13.3 Å². The summed E-state index contributed by atoms with van der Waals surface area (Å²) in [5.41, 5.74) is 1.39. The molecule has 3 rings (SSSR count). The van der Waals surface area contributed by atoms with Gasteiger partial charge in [0.05, 0.1) is 23.8 Å². The van der Waals surface area contributed by atoms with E-state index in [4.69, 9.17) is 5.11 Å². The number of anilines is 2. The minimum absolute atomic E-state index is 0.0501. The van der Waals surface area contributed by atoms with Crippen molar-refractivity contribution in [3.8, 4) is 0 Å². The molecule has 26 heavy (non-hydrogen) atoms. The van der Waals surface area contributed by atoms with E-state index in [1.807, 2.05) is 0 Å². The van der Waals surface area contributed by atoms with E-state index in [2.05, 4.69) is 15.3 Å². The molecule has 2 heterocycles. The van der Waals surface area contributed by atoms with Crippen molar-refractivity contribution in [3.05, 3.63) is 47.5 Å². The van der Waals surface area contributed by atoms with Crippen molar-refractivity contribution in [1.82, 2.24) is 9.97 Å². The molecule has 1 saturated heterocycles. The number of carboxylic acid groups (broad SMARTS) is 1. The summed E-state index contributed by atoms with van der Waals surface area (Å²) in [5.74, 6) is -1.71. The molecule has 0 bridgehead atoms. The van der Waals surface area contributed by atoms with E-state index in [0.29, 0.717) is 24.3 Å². The fourth-order valence-electron chi connectivity index (χ4n) is 2.62. The number of aromatic nitrogens is 2. The SMILES string of the molecule is Cc1ccc(NC(=O)c2cnc(C(=O)O)cn2)cc1N1CCCS1(=O)=O. The lowest BCUT2D eigenvalue weighted by atomic mass is 10.1. The second-order valence-corrected chi connectivity index (χ2v) is 7.80. The Hall–Kier alpha value is -3.01. The van der Waals surface area contributed by atoms with Crippen molar-refractivity contribution in [3.63, 3.8) is 0 Å². The van der Waals surface area contributed by atoms with Gasteiger partial charge in [-0.2, -0.15) is 0 Å². The van der Waals surface area contributed by atoms with Gasteiger partial charge in [0.15, 0.2) is 5.69 Å². The Kier molecular flexibility index (Phi) is 4.60. The van der Waals surface area contributed by atoms with Crippen LogP contribution in [0.3, 0.4) is 0 Å². The second kappa shape index (κ2) is 6.71. The molecule has 0 unspecified atom stereocenters. The molecule has 0 saturated carbocycles. The van der Waals surface area contributed by atoms with Crippen LogP contribution in [0.25, 0.3) is 0 Å². The van der Waals surface area contributed by atoms with E-state index in [9.17, 15) is 18.0 Å². The highest BCUT2D eigenvalue weighted by Crippen LogP contribution is 2.30. The maximum absolute atomic E-state index is 12.2. The third kappa shape index (κ3) is 3.49. The molecule has 0 spiro atoms. The van der Waals surface area contributed by atoms with Crippen molar-refractivity contribution in [2.24, 2.45) is 0 Å². The van der Waals surface area contributed by atoms with Crippen LogP contribution < -0.4 is 9.62 Å². The molecule has 1 fully saturated rings. The summed E-state index contributed by atoms with van der Waals surface area (Å²) in [6.45, 7) is 2.20. The summed E-state index contributed by atoms with van der Waals surface area (Å²) in [5, 5.41) is 11.4. The fourth-order valence-corrected chi connectivity index (χ4v) is 4.23. The van der Waals surface area contributed by atoms with E-state index < -0.39 is 21.9 Å². The summed E-state index contributed by atoms with van der Waals surface area (Å²) in [7, 11) is -3.33. The molecule has 0 radical (unpaired) electrons. The van der Waals surface area contributed by atoms with Crippen LogP contribution >= 0.6 is 0 Å². The zero-order valence-corrected chi connectivity index (χ0v) is 14.7. The number of hydrogen-bond acceptors (Lipinski definition) is 6. The van der Waals surface area contributed by atoms with Gasteiger partial charge in [0, 0.05) is 12.2 Å². The zero-order chi connectivity index (χ0) is 18.9. The number of hydrogen-bond donors (Lipinski definition) is 2. The molecular weight excluding hydrogens is 360 g/mol. The first kappa shape index (κ1) is 17.8. The summed E-state index contributed by atoms with van der Waals surface area (Å²) >= 11 is 0. The summed E-state index contributed by atoms with van der Waals surface area (Å²) in [6, 6.07) is 4.96. The first-order chi connectivity index (χ1) is 12.3. The van der Waals surface area contributed by atoms with E-state index in [-0.39, 0.29) is 17.1 Å². The minimum Gasteiger partial charge on any atom is -0.476 e. The number of sulfonamides is 1. The highest BCUT2D eigenvalue weighted by molar-refractivity contribution is 7.93. The fraction of sp³-hybridized carbons (Fsp3) is 0.250. The normalized spacial score (nSPS) is 15.7. The molecule has 10 heteroatoms. The molecule has 9 nitrogen and oxygen atoms in total. The van der Waals surface area contributed by atoms with Gasteiger partial charge in [0.25, 0.3) is 5.91 Å². The first-order valence-electron chi connectivity index (χ1n) is 7.76. The highest BCUT2D eigenvalue weighted by atomic mass is 32.2. The molecule has 1 amide bonds. The lowest BCUT2D eigenvalue weighted by Gasteiger charge is -2.20. The highest BCUT2D eigenvalue weighted by Gasteiger charge is 2.29. The van der Waals surface area contributed by atoms with Gasteiger partial charge in [-0.05, 0) is 31.0 Å². The zero-order valence-electron chi connectivity index (χ0n) is 13.8. The second-order valence-electron chi connectivity index (χ2n) is 5.79. The number of carbonyl (C=O) groups is 2. The minimum atomic E-state index is -3.33. The van der Waals surface area contributed by atoms with Crippen molar-refractivity contribution >= 4 is 33.3 Å². The number of nitrogens with zero attached hydrogens (tertiary/aromatic N) is 3. The van der Waals surface area contributed by atoms with Gasteiger partial charge in [-0.3, -0.25) is 9.10 Å². The monoisotopic (exact) mass is 376 g/mol. The smallest absolute Gasteiger partial charge is 0.356 e. The predicted molar refractivity (Wildman–Crippen MR) is 93.9 cm³/mol. The van der Waals surface area contributed by atoms with Gasteiger partial charge < -0.3 is 10.4 Å². The van der Waals surface area contributed by atoms with Gasteiger partial charge in [-0.25, -0.2) is 23.2 Å². The maximum atomic E-state index is 12.2. The van der Waals surface area contributed by atoms with Gasteiger partial charge in [-0.15, -0.1) is 0 Å². The summed E-state index contributed by atoms with van der Waals surface area (Å²) in [4.78, 5) is 30.4. The van der Waals surface area contributed by atoms with E-state index in [0.717, 1.165) is 18.0 Å². The van der Waals surface area contributed by atoms with Gasteiger partial charge in [-0.1, -0.05) is 6.07 Å². The molecule has 1 aliphatic heterocycles. The van der Waals surface area contributed by atoms with Crippen molar-refractivity contribution < 1.29 is 23.1 Å². The number of rotatable bonds is 4. The number of aromatic carboxylic acids is 1. The third-order valence-corrected chi connectivity index (χ3v) is 5.79. The van der Waals surface area contributed by atoms with Gasteiger partial charge in [0.2, 0.25) is 10.0 Å². The topological polar surface area (TPSA) is 130 Å². The Balaban J connectivity index is 1.83. The molecular formula is C16H16N4O5S. The molecule has 1 aromatic carbocycles. The lowest BCUT2D eigenvalue weighted by Crippen LogP contribution is -2.26. The summed E-state index contributed by atoms with van der Waals surface area (Å²) < 4.78 is 25.6. The van der Waals surface area contributed by atoms with E-state index >= 15 is 0 Å². The predicted octanol–water partition coefficient (Wildman–Crippen LogP) is 1.28. The van der Waals surface area contributed by atoms with Crippen LogP contribution in [0.2, 0.25) is 0 Å². The van der Waals surface area contributed by atoms with Crippen molar-refractivity contribution in [2.75, 3.05) is 21.9 Å².